The maximum absolute atomic E-state index is 12.2. The zero-order valence-electron chi connectivity index (χ0n) is 12.2. The van der Waals surface area contributed by atoms with E-state index in [1.54, 1.807) is 18.2 Å². The summed E-state index contributed by atoms with van der Waals surface area (Å²) in [6.07, 6.45) is -1.24. The highest BCUT2D eigenvalue weighted by atomic mass is 35.5. The highest BCUT2D eigenvalue weighted by molar-refractivity contribution is 6.32. The van der Waals surface area contributed by atoms with Gasteiger partial charge in [0.25, 0.3) is 12.1 Å². The normalized spacial score (nSPS) is 16.7. The molecule has 0 aliphatic carbocycles. The molecule has 0 radical (unpaired) electrons. The second-order valence-corrected chi connectivity index (χ2v) is 5.42. The maximum Gasteiger partial charge on any atom is 0.305 e. The Bertz CT molecular complexity index is 803. The number of hydrogen-bond donors (Lipinski definition) is 1. The molecule has 1 aliphatic rings. The van der Waals surface area contributed by atoms with Crippen molar-refractivity contribution in [2.45, 2.75) is 13.2 Å². The topological polar surface area (TPSA) is 67.8 Å². The Kier molecular flexibility index (Phi) is 4.12. The Hall–Kier alpha value is -2.66. The van der Waals surface area contributed by atoms with Crippen molar-refractivity contribution in [3.8, 4) is 0 Å². The number of rotatable bonds is 2. The number of amides is 1. The summed E-state index contributed by atoms with van der Waals surface area (Å²) in [5.41, 5.74) is 2.57. The van der Waals surface area contributed by atoms with Gasteiger partial charge >= 0.3 is 5.97 Å². The number of nitrogens with zero attached hydrogens (tertiary/aromatic N) is 1. The summed E-state index contributed by atoms with van der Waals surface area (Å²) in [4.78, 5) is 27.8. The summed E-state index contributed by atoms with van der Waals surface area (Å²) < 4.78 is 5.03. The van der Waals surface area contributed by atoms with Crippen LogP contribution in [0.4, 0.5) is 5.69 Å². The van der Waals surface area contributed by atoms with E-state index in [1.165, 1.54) is 6.92 Å². The van der Waals surface area contributed by atoms with Crippen LogP contribution in [0.25, 0.3) is 0 Å². The van der Waals surface area contributed by atoms with Gasteiger partial charge in [-0.25, -0.2) is 4.99 Å². The number of hydrogen-bond acceptors (Lipinski definition) is 4. The van der Waals surface area contributed by atoms with Gasteiger partial charge in [0, 0.05) is 23.1 Å². The minimum atomic E-state index is -1.24. The number of benzene rings is 2. The number of ether oxygens (including phenoxy) is 1. The van der Waals surface area contributed by atoms with Gasteiger partial charge in [-0.05, 0) is 18.2 Å². The molecule has 3 rings (SSSR count). The molecule has 1 atom stereocenters. The first-order valence-corrected chi connectivity index (χ1v) is 7.33. The molecule has 23 heavy (non-hydrogen) atoms. The van der Waals surface area contributed by atoms with Gasteiger partial charge in [-0.1, -0.05) is 41.9 Å². The molecule has 0 aromatic heterocycles. The predicted molar refractivity (Wildman–Crippen MR) is 87.7 cm³/mol. The van der Waals surface area contributed by atoms with Crippen molar-refractivity contribution in [1.29, 1.82) is 0 Å². The van der Waals surface area contributed by atoms with Gasteiger partial charge in [0.1, 0.15) is 0 Å². The van der Waals surface area contributed by atoms with Crippen LogP contribution < -0.4 is 5.32 Å². The van der Waals surface area contributed by atoms with Crippen molar-refractivity contribution in [3.63, 3.8) is 0 Å². The van der Waals surface area contributed by atoms with E-state index < -0.39 is 18.1 Å². The average Bonchev–Trinajstić information content (AvgIpc) is 2.65. The number of carbonyl (C=O) groups is 2. The van der Waals surface area contributed by atoms with Crippen molar-refractivity contribution < 1.29 is 14.3 Å². The quantitative estimate of drug-likeness (QED) is 0.862. The standard InChI is InChI=1S/C17H13ClN2O3/c1-10(21)23-17-16(22)19-14-8-7-12(18)9-13(14)15(20-17)11-5-3-2-4-6-11/h2-9,17H,1H3,(H,19,22)/t17-/m1/s1. The van der Waals surface area contributed by atoms with E-state index in [2.05, 4.69) is 10.3 Å². The van der Waals surface area contributed by atoms with Crippen LogP contribution in [0.3, 0.4) is 0 Å². The van der Waals surface area contributed by atoms with Crippen LogP contribution in [-0.2, 0) is 14.3 Å². The number of halogens is 1. The van der Waals surface area contributed by atoms with Crippen LogP contribution in [0, 0.1) is 0 Å². The van der Waals surface area contributed by atoms with Crippen LogP contribution in [0.5, 0.6) is 0 Å². The molecule has 1 N–H and O–H groups in total. The Labute approximate surface area is 137 Å². The summed E-state index contributed by atoms with van der Waals surface area (Å²) in [5.74, 6) is -1.08. The van der Waals surface area contributed by atoms with Gasteiger partial charge in [-0.3, -0.25) is 9.59 Å². The fraction of sp³-hybridized carbons (Fsp3) is 0.118. The molecule has 0 spiro atoms. The van der Waals surface area contributed by atoms with E-state index in [-0.39, 0.29) is 0 Å². The Morgan fingerprint density at radius 1 is 1.22 bits per heavy atom. The molecule has 6 heteroatoms. The van der Waals surface area contributed by atoms with Crippen LogP contribution in [0.2, 0.25) is 5.02 Å². The second kappa shape index (κ2) is 6.22. The number of fused-ring (bicyclic) bond motifs is 1. The molecule has 1 aliphatic heterocycles. The van der Waals surface area contributed by atoms with E-state index in [0.717, 1.165) is 5.56 Å². The van der Waals surface area contributed by atoms with Gasteiger partial charge < -0.3 is 10.1 Å². The zero-order valence-corrected chi connectivity index (χ0v) is 13.0. The van der Waals surface area contributed by atoms with Crippen molar-refractivity contribution in [1.82, 2.24) is 0 Å². The van der Waals surface area contributed by atoms with E-state index in [9.17, 15) is 9.59 Å². The largest absolute Gasteiger partial charge is 0.430 e. The number of anilines is 1. The summed E-state index contributed by atoms with van der Waals surface area (Å²) in [7, 11) is 0. The van der Waals surface area contributed by atoms with E-state index in [0.29, 0.717) is 22.0 Å². The molecular formula is C17H13ClN2O3. The first kappa shape index (κ1) is 15.2. The SMILES string of the molecule is CC(=O)O[C@H]1N=C(c2ccccc2)c2cc(Cl)ccc2NC1=O. The van der Waals surface area contributed by atoms with Crippen molar-refractivity contribution >= 4 is 34.9 Å². The highest BCUT2D eigenvalue weighted by Crippen LogP contribution is 2.27. The Morgan fingerprint density at radius 3 is 2.65 bits per heavy atom. The van der Waals surface area contributed by atoms with Crippen LogP contribution in [-0.4, -0.2) is 23.8 Å². The monoisotopic (exact) mass is 328 g/mol. The molecular weight excluding hydrogens is 316 g/mol. The molecule has 2 aromatic rings. The third kappa shape index (κ3) is 3.24. The fourth-order valence-corrected chi connectivity index (χ4v) is 2.50. The molecule has 0 saturated heterocycles. The lowest BCUT2D eigenvalue weighted by atomic mass is 10.0. The van der Waals surface area contributed by atoms with Gasteiger partial charge in [0.15, 0.2) is 0 Å². The molecule has 0 saturated carbocycles. The summed E-state index contributed by atoms with van der Waals surface area (Å²) in [5, 5.41) is 3.24. The third-order valence-corrected chi connectivity index (χ3v) is 3.53. The van der Waals surface area contributed by atoms with E-state index in [4.69, 9.17) is 16.3 Å². The summed E-state index contributed by atoms with van der Waals surface area (Å²) >= 11 is 6.09. The van der Waals surface area contributed by atoms with E-state index >= 15 is 0 Å². The second-order valence-electron chi connectivity index (χ2n) is 4.98. The Morgan fingerprint density at radius 2 is 1.96 bits per heavy atom. The highest BCUT2D eigenvalue weighted by Gasteiger charge is 2.28. The van der Waals surface area contributed by atoms with Gasteiger partial charge in [-0.15, -0.1) is 0 Å². The van der Waals surface area contributed by atoms with Crippen LogP contribution in [0.1, 0.15) is 18.1 Å². The van der Waals surface area contributed by atoms with Crippen molar-refractivity contribution in [2.75, 3.05) is 5.32 Å². The number of carbonyl (C=O) groups excluding carboxylic acids is 2. The summed E-state index contributed by atoms with van der Waals surface area (Å²) in [6, 6.07) is 14.4. The number of aliphatic imine (C=N–C) groups is 1. The lowest BCUT2D eigenvalue weighted by molar-refractivity contribution is -0.151. The van der Waals surface area contributed by atoms with Gasteiger partial charge in [0.2, 0.25) is 0 Å². The predicted octanol–water partition coefficient (Wildman–Crippen LogP) is 3.02. The summed E-state index contributed by atoms with van der Waals surface area (Å²) in [6.45, 7) is 1.24. The first-order chi connectivity index (χ1) is 11.0. The van der Waals surface area contributed by atoms with E-state index in [1.807, 2.05) is 30.3 Å². The molecule has 5 nitrogen and oxygen atoms in total. The molecule has 0 unspecified atom stereocenters. The number of esters is 1. The molecule has 2 aromatic carbocycles. The minimum Gasteiger partial charge on any atom is -0.430 e. The number of benzodiazepines with no additional fused rings is 1. The molecule has 1 amide bonds. The lowest BCUT2D eigenvalue weighted by Gasteiger charge is -2.10. The van der Waals surface area contributed by atoms with Gasteiger partial charge in [-0.2, -0.15) is 0 Å². The zero-order chi connectivity index (χ0) is 16.4. The number of nitrogens with one attached hydrogen (secondary N) is 1. The first-order valence-electron chi connectivity index (χ1n) is 6.96. The molecule has 0 bridgehead atoms. The third-order valence-electron chi connectivity index (χ3n) is 3.29. The van der Waals surface area contributed by atoms with Gasteiger partial charge in [0.05, 0.1) is 11.4 Å². The van der Waals surface area contributed by atoms with Crippen molar-refractivity contribution in [2.24, 2.45) is 4.99 Å². The van der Waals surface area contributed by atoms with Crippen molar-refractivity contribution in [3.05, 3.63) is 64.7 Å². The molecule has 116 valence electrons. The minimum absolute atomic E-state index is 0.505. The van der Waals surface area contributed by atoms with Crippen LogP contribution >= 0.6 is 11.6 Å². The lowest BCUT2D eigenvalue weighted by Crippen LogP contribution is -2.29. The molecule has 0 fully saturated rings. The van der Waals surface area contributed by atoms with Crippen LogP contribution in [0.15, 0.2) is 53.5 Å². The fourth-order valence-electron chi connectivity index (χ4n) is 2.32. The smallest absolute Gasteiger partial charge is 0.305 e. The Balaban J connectivity index is 2.18. The average molecular weight is 329 g/mol. The maximum atomic E-state index is 12.2. The molecule has 1 heterocycles.